The van der Waals surface area contributed by atoms with E-state index in [4.69, 9.17) is 4.74 Å². The maximum atomic E-state index is 12.9. The van der Waals surface area contributed by atoms with E-state index in [0.29, 0.717) is 18.8 Å². The van der Waals surface area contributed by atoms with E-state index in [1.54, 1.807) is 11.9 Å². The van der Waals surface area contributed by atoms with Crippen LogP contribution in [0, 0.1) is 10.1 Å². The lowest BCUT2D eigenvalue weighted by Crippen LogP contribution is -2.60. The molecule has 3 rings (SSSR count). The molecule has 1 aliphatic heterocycles. The van der Waals surface area contributed by atoms with E-state index < -0.39 is 10.5 Å². The Bertz CT molecular complexity index is 644. The first-order valence-electron chi connectivity index (χ1n) is 8.03. The standard InChI is InChI=1S/C16H23N3O4/c1-15(2)10-18(11-16(23-15)8-4-5-9-16)14(20)12-6-7-13(17(12)3)19(21)22/h6-7H,4-5,8-11H2,1-3H3. The van der Waals surface area contributed by atoms with Gasteiger partial charge in [-0.3, -0.25) is 4.79 Å². The van der Waals surface area contributed by atoms with Crippen molar-refractivity contribution >= 4 is 11.7 Å². The van der Waals surface area contributed by atoms with Crippen LogP contribution in [0.15, 0.2) is 12.1 Å². The second-order valence-corrected chi connectivity index (χ2v) is 7.31. The van der Waals surface area contributed by atoms with Crippen molar-refractivity contribution in [2.24, 2.45) is 7.05 Å². The van der Waals surface area contributed by atoms with Crippen LogP contribution >= 0.6 is 0 Å². The highest BCUT2D eigenvalue weighted by Crippen LogP contribution is 2.41. The largest absolute Gasteiger partial charge is 0.365 e. The first-order valence-corrected chi connectivity index (χ1v) is 8.03. The van der Waals surface area contributed by atoms with Gasteiger partial charge < -0.3 is 19.8 Å². The summed E-state index contributed by atoms with van der Waals surface area (Å²) in [5.41, 5.74) is -0.313. The Labute approximate surface area is 135 Å². The number of carbonyl (C=O) groups is 1. The maximum absolute atomic E-state index is 12.9. The summed E-state index contributed by atoms with van der Waals surface area (Å²) in [6.07, 6.45) is 4.17. The van der Waals surface area contributed by atoms with E-state index in [1.807, 2.05) is 13.8 Å². The number of hydrogen-bond donors (Lipinski definition) is 0. The fourth-order valence-electron chi connectivity index (χ4n) is 4.00. The van der Waals surface area contributed by atoms with Crippen LogP contribution in [0.1, 0.15) is 50.0 Å². The van der Waals surface area contributed by atoms with Crippen molar-refractivity contribution in [2.45, 2.75) is 50.7 Å². The SMILES string of the molecule is Cn1c(C(=O)N2CC(C)(C)OC3(CCCC3)C2)ccc1[N+](=O)[O-]. The Kier molecular flexibility index (Phi) is 3.71. The molecule has 0 N–H and O–H groups in total. The molecular weight excluding hydrogens is 298 g/mol. The molecule has 126 valence electrons. The summed E-state index contributed by atoms with van der Waals surface area (Å²) in [4.78, 5) is 25.2. The van der Waals surface area contributed by atoms with Crippen molar-refractivity contribution in [2.75, 3.05) is 13.1 Å². The van der Waals surface area contributed by atoms with Crippen LogP contribution in [-0.2, 0) is 11.8 Å². The van der Waals surface area contributed by atoms with Gasteiger partial charge in [0.2, 0.25) is 0 Å². The minimum atomic E-state index is -0.474. The highest BCUT2D eigenvalue weighted by atomic mass is 16.6. The third kappa shape index (κ3) is 2.85. The topological polar surface area (TPSA) is 77.6 Å². The molecule has 1 amide bonds. The molecule has 0 unspecified atom stereocenters. The predicted octanol–water partition coefficient (Wildman–Crippen LogP) is 2.50. The normalized spacial score (nSPS) is 22.5. The lowest BCUT2D eigenvalue weighted by Gasteiger charge is -2.48. The molecule has 7 nitrogen and oxygen atoms in total. The number of ether oxygens (including phenoxy) is 1. The summed E-state index contributed by atoms with van der Waals surface area (Å²) in [7, 11) is 1.56. The third-order valence-corrected chi connectivity index (χ3v) is 4.85. The zero-order chi connectivity index (χ0) is 16.8. The van der Waals surface area contributed by atoms with Crippen molar-refractivity contribution in [3.8, 4) is 0 Å². The molecule has 1 aromatic rings. The molecule has 1 saturated heterocycles. The molecule has 1 spiro atoms. The number of nitro groups is 1. The Morgan fingerprint density at radius 3 is 2.48 bits per heavy atom. The average molecular weight is 321 g/mol. The quantitative estimate of drug-likeness (QED) is 0.619. The van der Waals surface area contributed by atoms with Gasteiger partial charge in [0.15, 0.2) is 5.69 Å². The highest BCUT2D eigenvalue weighted by molar-refractivity contribution is 5.93. The molecule has 1 aromatic heterocycles. The van der Waals surface area contributed by atoms with Gasteiger partial charge in [0, 0.05) is 12.6 Å². The predicted molar refractivity (Wildman–Crippen MR) is 84.3 cm³/mol. The van der Waals surface area contributed by atoms with Gasteiger partial charge in [0.25, 0.3) is 5.91 Å². The molecule has 0 aromatic carbocycles. The summed E-state index contributed by atoms with van der Waals surface area (Å²) in [6.45, 7) is 5.06. The van der Waals surface area contributed by atoms with E-state index in [0.717, 1.165) is 25.7 Å². The summed E-state index contributed by atoms with van der Waals surface area (Å²) in [6, 6.07) is 2.91. The smallest absolute Gasteiger partial charge is 0.323 e. The molecule has 0 radical (unpaired) electrons. The lowest BCUT2D eigenvalue weighted by molar-refractivity contribution is -0.391. The number of morpholine rings is 1. The molecule has 23 heavy (non-hydrogen) atoms. The molecule has 0 atom stereocenters. The van der Waals surface area contributed by atoms with Crippen LogP contribution in [0.5, 0.6) is 0 Å². The van der Waals surface area contributed by atoms with Gasteiger partial charge >= 0.3 is 5.82 Å². The molecule has 2 heterocycles. The van der Waals surface area contributed by atoms with Crippen molar-refractivity contribution in [1.82, 2.24) is 9.47 Å². The van der Waals surface area contributed by atoms with Crippen LogP contribution in [-0.4, -0.2) is 44.6 Å². The fraction of sp³-hybridized carbons (Fsp3) is 0.688. The summed E-state index contributed by atoms with van der Waals surface area (Å²) >= 11 is 0. The maximum Gasteiger partial charge on any atom is 0.323 e. The number of nitrogens with zero attached hydrogens (tertiary/aromatic N) is 3. The third-order valence-electron chi connectivity index (χ3n) is 4.85. The Balaban J connectivity index is 1.88. The second-order valence-electron chi connectivity index (χ2n) is 7.31. The van der Waals surface area contributed by atoms with Crippen molar-refractivity contribution < 1.29 is 14.5 Å². The van der Waals surface area contributed by atoms with Crippen molar-refractivity contribution in [3.05, 3.63) is 27.9 Å². The van der Waals surface area contributed by atoms with E-state index in [9.17, 15) is 14.9 Å². The minimum absolute atomic E-state index is 0.0727. The monoisotopic (exact) mass is 321 g/mol. The first-order chi connectivity index (χ1) is 10.7. The van der Waals surface area contributed by atoms with E-state index in [2.05, 4.69) is 0 Å². The van der Waals surface area contributed by atoms with Crippen LogP contribution in [0.3, 0.4) is 0 Å². The highest BCUT2D eigenvalue weighted by Gasteiger charge is 2.47. The van der Waals surface area contributed by atoms with Gasteiger partial charge in [-0.25, -0.2) is 4.57 Å². The van der Waals surface area contributed by atoms with Gasteiger partial charge in [-0.05, 0) is 37.7 Å². The Morgan fingerprint density at radius 1 is 1.26 bits per heavy atom. The van der Waals surface area contributed by atoms with Crippen molar-refractivity contribution in [1.29, 1.82) is 0 Å². The van der Waals surface area contributed by atoms with Crippen LogP contribution in [0.25, 0.3) is 0 Å². The van der Waals surface area contributed by atoms with E-state index in [1.165, 1.54) is 16.7 Å². The first kappa shape index (κ1) is 16.0. The number of carbonyl (C=O) groups excluding carboxylic acids is 1. The number of rotatable bonds is 2. The van der Waals surface area contributed by atoms with Gasteiger partial charge in [0.1, 0.15) is 0 Å². The Hall–Kier alpha value is -1.89. The van der Waals surface area contributed by atoms with Gasteiger partial charge in [-0.1, -0.05) is 12.8 Å². The van der Waals surface area contributed by atoms with Gasteiger partial charge in [-0.2, -0.15) is 0 Å². The molecule has 7 heteroatoms. The molecule has 1 aliphatic carbocycles. The number of aromatic nitrogens is 1. The molecule has 2 fully saturated rings. The summed E-state index contributed by atoms with van der Waals surface area (Å²) in [5.74, 6) is -0.236. The summed E-state index contributed by atoms with van der Waals surface area (Å²) in [5, 5.41) is 11.0. The van der Waals surface area contributed by atoms with E-state index >= 15 is 0 Å². The van der Waals surface area contributed by atoms with Crippen LogP contribution in [0.4, 0.5) is 5.82 Å². The van der Waals surface area contributed by atoms with E-state index in [-0.39, 0.29) is 17.3 Å². The zero-order valence-corrected chi connectivity index (χ0v) is 13.9. The lowest BCUT2D eigenvalue weighted by atomic mass is 9.94. The fourth-order valence-corrected chi connectivity index (χ4v) is 4.00. The summed E-state index contributed by atoms with van der Waals surface area (Å²) < 4.78 is 7.66. The van der Waals surface area contributed by atoms with Gasteiger partial charge in [-0.15, -0.1) is 0 Å². The molecule has 1 saturated carbocycles. The second kappa shape index (κ2) is 5.33. The molecule has 0 bridgehead atoms. The van der Waals surface area contributed by atoms with Gasteiger partial charge in [0.05, 0.1) is 24.8 Å². The zero-order valence-electron chi connectivity index (χ0n) is 13.9. The Morgan fingerprint density at radius 2 is 1.91 bits per heavy atom. The number of amides is 1. The van der Waals surface area contributed by atoms with Crippen LogP contribution in [0.2, 0.25) is 0 Å². The average Bonchev–Trinajstić information content (AvgIpc) is 3.03. The minimum Gasteiger partial charge on any atom is -0.365 e. The molecule has 2 aliphatic rings. The van der Waals surface area contributed by atoms with Crippen molar-refractivity contribution in [3.63, 3.8) is 0 Å². The number of hydrogen-bond acceptors (Lipinski definition) is 4. The molecular formula is C16H23N3O4. The van der Waals surface area contributed by atoms with Crippen LogP contribution < -0.4 is 0 Å².